The number of sulfone groups is 1. The van der Waals surface area contributed by atoms with Gasteiger partial charge >= 0.3 is 0 Å². The summed E-state index contributed by atoms with van der Waals surface area (Å²) in [7, 11) is -6.61. The van der Waals surface area contributed by atoms with Crippen LogP contribution in [0, 0.1) is 21.4 Å². The molecule has 4 heterocycles. The molecule has 4 aromatic carbocycles. The minimum absolute atomic E-state index is 0.0533. The Balaban J connectivity index is 0.833. The topological polar surface area (TPSA) is 230 Å². The molecule has 20 heteroatoms. The Bertz CT molecular complexity index is 3430. The Kier molecular flexibility index (Phi) is 15.4. The van der Waals surface area contributed by atoms with Gasteiger partial charge in [0, 0.05) is 93.6 Å². The van der Waals surface area contributed by atoms with Crippen molar-refractivity contribution in [1.82, 2.24) is 24.5 Å². The minimum Gasteiger partial charge on any atom is -0.495 e. The van der Waals surface area contributed by atoms with Crippen molar-refractivity contribution in [1.29, 1.82) is 0 Å². The van der Waals surface area contributed by atoms with Gasteiger partial charge in [0.1, 0.15) is 33.5 Å². The van der Waals surface area contributed by atoms with Crippen LogP contribution in [0.2, 0.25) is 0 Å². The van der Waals surface area contributed by atoms with E-state index in [4.69, 9.17) is 9.47 Å². The number of pyridine rings is 1. The lowest BCUT2D eigenvalue weighted by molar-refractivity contribution is -0.384. The number of sulfonamides is 1. The first kappa shape index (κ1) is 54.8. The number of carbonyl (C=O) groups excluding carboxylic acids is 1. The third kappa shape index (κ3) is 11.9. The number of aromatic nitrogens is 2. The maximum atomic E-state index is 14.1. The molecule has 4 aliphatic rings. The highest BCUT2D eigenvalue weighted by molar-refractivity contribution is 7.91. The maximum Gasteiger partial charge on any atom is 0.293 e. The number of fused-ring (bicyclic) bond motifs is 1. The summed E-state index contributed by atoms with van der Waals surface area (Å²) < 4.78 is 67.1. The van der Waals surface area contributed by atoms with Crippen molar-refractivity contribution in [2.45, 2.75) is 112 Å². The van der Waals surface area contributed by atoms with E-state index in [9.17, 15) is 36.9 Å². The SMILES string of the molecule is COc1ccc(CN2CCN(C3CC4(CCN(c5ccc(C(=O)NS(=O)(=O)c6ccc(NC[C@H]7CC[C@](C)(O)CC7)c([N+](=O)[O-])c6)c(Oc6cnc7[nH]ccc7c6)c5)CC4)C3)C(c3ccccc3C(C)C)C2)cc1S(C)(=O)=O. The summed E-state index contributed by atoms with van der Waals surface area (Å²) in [4.78, 5) is 40.4. The molecule has 4 N–H and O–H groups in total. The molecule has 1 unspecified atom stereocenters. The smallest absolute Gasteiger partial charge is 0.293 e. The summed E-state index contributed by atoms with van der Waals surface area (Å²) in [6, 6.07) is 27.0. The van der Waals surface area contributed by atoms with Crippen molar-refractivity contribution >= 4 is 53.9 Å². The van der Waals surface area contributed by atoms with E-state index in [2.05, 4.69) is 72.8 Å². The van der Waals surface area contributed by atoms with Gasteiger partial charge in [0.25, 0.3) is 21.6 Å². The van der Waals surface area contributed by atoms with Crippen molar-refractivity contribution in [3.8, 4) is 17.2 Å². The molecular weight excluding hydrogens is 1030 g/mol. The number of hydrogen-bond acceptors (Lipinski definition) is 15. The van der Waals surface area contributed by atoms with Gasteiger partial charge in [-0.2, -0.15) is 0 Å². The molecular formula is C58H70N8O10S2. The van der Waals surface area contributed by atoms with E-state index in [1.165, 1.54) is 42.8 Å². The van der Waals surface area contributed by atoms with Gasteiger partial charge in [0.15, 0.2) is 9.84 Å². The molecule has 2 aliphatic carbocycles. The van der Waals surface area contributed by atoms with Crippen LogP contribution in [0.4, 0.5) is 17.1 Å². The van der Waals surface area contributed by atoms with E-state index in [1.807, 2.05) is 12.1 Å². The normalized spacial score (nSPS) is 21.3. The van der Waals surface area contributed by atoms with Crippen LogP contribution in [-0.2, 0) is 26.4 Å². The zero-order valence-corrected chi connectivity index (χ0v) is 46.5. The molecule has 414 valence electrons. The first-order chi connectivity index (χ1) is 37.2. The lowest BCUT2D eigenvalue weighted by Gasteiger charge is -2.58. The van der Waals surface area contributed by atoms with E-state index < -0.39 is 46.9 Å². The molecule has 2 saturated carbocycles. The summed E-state index contributed by atoms with van der Waals surface area (Å²) in [6.45, 7) is 11.4. The van der Waals surface area contributed by atoms with E-state index >= 15 is 0 Å². The second-order valence-corrected chi connectivity index (χ2v) is 26.3. The van der Waals surface area contributed by atoms with Gasteiger partial charge in [0.2, 0.25) is 0 Å². The highest BCUT2D eigenvalue weighted by Crippen LogP contribution is 2.53. The number of carbonyl (C=O) groups is 1. The number of hydrogen-bond donors (Lipinski definition) is 4. The highest BCUT2D eigenvalue weighted by atomic mass is 32.2. The molecule has 18 nitrogen and oxygen atoms in total. The van der Waals surface area contributed by atoms with Crippen LogP contribution in [-0.4, -0.2) is 117 Å². The van der Waals surface area contributed by atoms with Gasteiger partial charge in [-0.1, -0.05) is 44.2 Å². The molecule has 2 saturated heterocycles. The number of rotatable bonds is 17. The van der Waals surface area contributed by atoms with Crippen molar-refractivity contribution < 1.29 is 41.1 Å². The number of nitro groups is 1. The highest BCUT2D eigenvalue weighted by Gasteiger charge is 2.50. The van der Waals surface area contributed by atoms with E-state index in [-0.39, 0.29) is 39.3 Å². The Labute approximate surface area is 456 Å². The number of benzene rings is 4. The Morgan fingerprint density at radius 2 is 1.68 bits per heavy atom. The molecule has 6 aromatic rings. The van der Waals surface area contributed by atoms with Crippen molar-refractivity contribution in [2.24, 2.45) is 11.3 Å². The summed E-state index contributed by atoms with van der Waals surface area (Å²) in [5.74, 6) is 0.355. The average Bonchev–Trinajstić information content (AvgIpc) is 4.00. The van der Waals surface area contributed by atoms with Crippen molar-refractivity contribution in [2.75, 3.05) is 62.9 Å². The molecule has 0 bridgehead atoms. The van der Waals surface area contributed by atoms with Crippen LogP contribution >= 0.6 is 0 Å². The summed E-state index contributed by atoms with van der Waals surface area (Å²) in [5, 5.41) is 26.5. The summed E-state index contributed by atoms with van der Waals surface area (Å²) in [6.07, 6.45) is 11.3. The van der Waals surface area contributed by atoms with Crippen LogP contribution in [0.15, 0.2) is 113 Å². The number of aliphatic hydroxyl groups is 1. The average molecular weight is 1100 g/mol. The summed E-state index contributed by atoms with van der Waals surface area (Å²) >= 11 is 0. The van der Waals surface area contributed by atoms with Gasteiger partial charge in [-0.25, -0.2) is 26.5 Å². The maximum absolute atomic E-state index is 14.1. The number of anilines is 2. The number of H-pyrrole nitrogens is 1. The molecule has 1 atom stereocenters. The zero-order chi connectivity index (χ0) is 55.1. The minimum atomic E-state index is -4.61. The van der Waals surface area contributed by atoms with Gasteiger partial charge in [-0.05, 0) is 141 Å². The number of amides is 1. The molecule has 78 heavy (non-hydrogen) atoms. The second-order valence-electron chi connectivity index (χ2n) is 22.6. The van der Waals surface area contributed by atoms with Crippen molar-refractivity contribution in [3.05, 3.63) is 136 Å². The molecule has 2 aromatic heterocycles. The molecule has 0 radical (unpaired) electrons. The Hall–Kier alpha value is -6.58. The lowest BCUT2D eigenvalue weighted by Crippen LogP contribution is -2.60. The fourth-order valence-corrected chi connectivity index (χ4v) is 14.2. The number of aromatic amines is 1. The van der Waals surface area contributed by atoms with Crippen LogP contribution in [0.3, 0.4) is 0 Å². The number of piperidine rings is 1. The third-order valence-electron chi connectivity index (χ3n) is 16.8. The van der Waals surface area contributed by atoms with Crippen LogP contribution in [0.1, 0.15) is 111 Å². The first-order valence-electron chi connectivity index (χ1n) is 26.9. The molecule has 1 amide bonds. The number of methoxy groups -OCH3 is 1. The quantitative estimate of drug-likeness (QED) is 0.0492. The predicted molar refractivity (Wildman–Crippen MR) is 300 cm³/mol. The number of nitro benzene ring substituents is 1. The van der Waals surface area contributed by atoms with Crippen LogP contribution in [0.5, 0.6) is 17.2 Å². The monoisotopic (exact) mass is 1100 g/mol. The van der Waals surface area contributed by atoms with Gasteiger partial charge in [0.05, 0.1) is 34.3 Å². The Morgan fingerprint density at radius 1 is 0.923 bits per heavy atom. The largest absolute Gasteiger partial charge is 0.495 e. The van der Waals surface area contributed by atoms with E-state index in [0.29, 0.717) is 55.0 Å². The molecule has 4 fully saturated rings. The van der Waals surface area contributed by atoms with Crippen LogP contribution < -0.4 is 24.4 Å². The number of nitrogens with zero attached hydrogens (tertiary/aromatic N) is 5. The van der Waals surface area contributed by atoms with Crippen molar-refractivity contribution in [3.63, 3.8) is 0 Å². The molecule has 2 aliphatic heterocycles. The van der Waals surface area contributed by atoms with E-state index in [1.54, 1.807) is 49.5 Å². The predicted octanol–water partition coefficient (Wildman–Crippen LogP) is 9.58. The standard InChI is InChI=1S/C58H70N8O10S2/c1-38(2)46-8-6-7-9-47(46)51-37-63(36-40-10-15-52(75-4)54(28-40)77(5,71)72)26-27-65(51)43-32-58(33-43)21-24-64(25-22-58)42-11-13-48(53(30-42)76-44-29-41-18-23-59-55(41)61-35-44)56(67)62-78(73,74)45-12-14-49(50(31-45)66(69)70)60-34-39-16-19-57(3,68)20-17-39/h6-15,18,23,28-31,35,38-39,43,51,60,68H,16-17,19-22,24-27,32-34,36-37H2,1-5H3,(H,59,61)(H,62,67)/t39-,51?,57-. The van der Waals surface area contributed by atoms with Gasteiger partial charge in [-0.15, -0.1) is 0 Å². The fourth-order valence-electron chi connectivity index (χ4n) is 12.3. The number of piperazine rings is 1. The Morgan fingerprint density at radius 3 is 2.40 bits per heavy atom. The van der Waals surface area contributed by atoms with Crippen LogP contribution in [0.25, 0.3) is 11.0 Å². The van der Waals surface area contributed by atoms with Gasteiger partial charge in [-0.3, -0.25) is 24.7 Å². The number of nitrogens with one attached hydrogen (secondary N) is 3. The molecule has 10 rings (SSSR count). The van der Waals surface area contributed by atoms with Gasteiger partial charge < -0.3 is 29.8 Å². The zero-order valence-electron chi connectivity index (χ0n) is 44.9. The lowest BCUT2D eigenvalue weighted by atomic mass is 9.59. The third-order valence-corrected chi connectivity index (χ3v) is 19.2. The fraction of sp³-hybridized carbons (Fsp3) is 0.448. The molecule has 1 spiro atoms. The first-order valence-corrected chi connectivity index (χ1v) is 30.3. The van der Waals surface area contributed by atoms with E-state index in [0.717, 1.165) is 94.0 Å². The second kappa shape index (κ2) is 21.9. The summed E-state index contributed by atoms with van der Waals surface area (Å²) in [5.41, 5.74) is 4.16. The number of ether oxygens (including phenoxy) is 2.